The minimum absolute atomic E-state index is 0.219. The zero-order valence-corrected chi connectivity index (χ0v) is 15.8. The maximum Gasteiger partial charge on any atom is 0.223 e. The van der Waals surface area contributed by atoms with Crippen molar-refractivity contribution in [2.45, 2.75) is 51.2 Å². The van der Waals surface area contributed by atoms with Gasteiger partial charge in [-0.05, 0) is 50.9 Å². The highest BCUT2D eigenvalue weighted by atomic mass is 16.2. The lowest BCUT2D eigenvalue weighted by molar-refractivity contribution is -0.135. The molecule has 1 aliphatic heterocycles. The van der Waals surface area contributed by atoms with Crippen molar-refractivity contribution >= 4 is 5.91 Å². The SMILES string of the molecule is CN(C)Cc1ccc([C@H]2CCCCN2C(=O)CCCn2cncn2)cc1. The van der Waals surface area contributed by atoms with Gasteiger partial charge < -0.3 is 9.80 Å². The zero-order chi connectivity index (χ0) is 18.4. The number of aryl methyl sites for hydroxylation is 1. The lowest BCUT2D eigenvalue weighted by atomic mass is 9.94. The van der Waals surface area contributed by atoms with E-state index in [1.807, 2.05) is 0 Å². The molecule has 6 nitrogen and oxygen atoms in total. The highest BCUT2D eigenvalue weighted by Gasteiger charge is 2.27. The van der Waals surface area contributed by atoms with Gasteiger partial charge in [0.15, 0.2) is 0 Å². The van der Waals surface area contributed by atoms with Crippen LogP contribution in [0.2, 0.25) is 0 Å². The molecule has 1 aromatic carbocycles. The highest BCUT2D eigenvalue weighted by Crippen LogP contribution is 2.31. The summed E-state index contributed by atoms with van der Waals surface area (Å²) < 4.78 is 1.78. The number of piperidine rings is 1. The molecule has 6 heteroatoms. The standard InChI is InChI=1S/C20H29N5O/c1-23(2)14-17-8-10-18(11-9-17)19-6-3-4-13-25(19)20(26)7-5-12-24-16-21-15-22-24/h8-11,15-16,19H,3-7,12-14H2,1-2H3/t19-/m1/s1. The Hall–Kier alpha value is -2.21. The Morgan fingerprint density at radius 1 is 1.23 bits per heavy atom. The quantitative estimate of drug-likeness (QED) is 0.766. The van der Waals surface area contributed by atoms with Crippen LogP contribution in [0, 0.1) is 0 Å². The number of benzene rings is 1. The topological polar surface area (TPSA) is 54.3 Å². The van der Waals surface area contributed by atoms with Gasteiger partial charge in [-0.15, -0.1) is 0 Å². The Bertz CT molecular complexity index is 681. The molecule has 3 rings (SSSR count). The Morgan fingerprint density at radius 2 is 2.04 bits per heavy atom. The van der Waals surface area contributed by atoms with Gasteiger partial charge in [0.25, 0.3) is 0 Å². The molecular weight excluding hydrogens is 326 g/mol. The minimum Gasteiger partial charge on any atom is -0.336 e. The second kappa shape index (κ2) is 8.94. The molecule has 0 aliphatic carbocycles. The van der Waals surface area contributed by atoms with Crippen molar-refractivity contribution in [1.29, 1.82) is 0 Å². The van der Waals surface area contributed by atoms with E-state index in [0.717, 1.165) is 38.9 Å². The van der Waals surface area contributed by atoms with Crippen molar-refractivity contribution in [3.8, 4) is 0 Å². The van der Waals surface area contributed by atoms with Crippen LogP contribution in [-0.4, -0.2) is 51.1 Å². The third-order valence-electron chi connectivity index (χ3n) is 4.93. The van der Waals surface area contributed by atoms with Crippen LogP contribution >= 0.6 is 0 Å². The van der Waals surface area contributed by atoms with Gasteiger partial charge in [-0.2, -0.15) is 5.10 Å². The molecule has 1 aromatic heterocycles. The van der Waals surface area contributed by atoms with Gasteiger partial charge in [-0.25, -0.2) is 4.98 Å². The smallest absolute Gasteiger partial charge is 0.223 e. The number of rotatable bonds is 7. The molecule has 1 fully saturated rings. The molecule has 0 saturated carbocycles. The third kappa shape index (κ3) is 4.91. The van der Waals surface area contributed by atoms with Crippen LogP contribution in [0.15, 0.2) is 36.9 Å². The summed E-state index contributed by atoms with van der Waals surface area (Å²) >= 11 is 0. The number of amides is 1. The fourth-order valence-electron chi connectivity index (χ4n) is 3.67. The van der Waals surface area contributed by atoms with Crippen LogP contribution in [0.5, 0.6) is 0 Å². The molecule has 0 N–H and O–H groups in total. The van der Waals surface area contributed by atoms with Crippen LogP contribution < -0.4 is 0 Å². The number of aromatic nitrogens is 3. The maximum absolute atomic E-state index is 12.8. The van der Waals surface area contributed by atoms with Crippen LogP contribution in [0.3, 0.4) is 0 Å². The largest absolute Gasteiger partial charge is 0.336 e. The van der Waals surface area contributed by atoms with Crippen molar-refractivity contribution in [2.75, 3.05) is 20.6 Å². The van der Waals surface area contributed by atoms with Gasteiger partial charge in [0.05, 0.1) is 6.04 Å². The van der Waals surface area contributed by atoms with Gasteiger partial charge in [0, 0.05) is 26.1 Å². The van der Waals surface area contributed by atoms with E-state index in [1.54, 1.807) is 11.0 Å². The summed E-state index contributed by atoms with van der Waals surface area (Å²) in [5.41, 5.74) is 2.57. The second-order valence-electron chi connectivity index (χ2n) is 7.34. The van der Waals surface area contributed by atoms with E-state index in [2.05, 4.69) is 58.2 Å². The lowest BCUT2D eigenvalue weighted by Crippen LogP contribution is -2.38. The van der Waals surface area contributed by atoms with Crippen molar-refractivity contribution < 1.29 is 4.79 Å². The fraction of sp³-hybridized carbons (Fsp3) is 0.550. The number of nitrogens with zero attached hydrogens (tertiary/aromatic N) is 5. The molecule has 0 unspecified atom stereocenters. The number of carbonyl (C=O) groups excluding carboxylic acids is 1. The molecule has 140 valence electrons. The molecule has 2 aromatic rings. The minimum atomic E-state index is 0.219. The van der Waals surface area contributed by atoms with E-state index >= 15 is 0 Å². The molecule has 1 amide bonds. The normalized spacial score (nSPS) is 17.7. The zero-order valence-electron chi connectivity index (χ0n) is 15.8. The van der Waals surface area contributed by atoms with Crippen LogP contribution in [0.4, 0.5) is 0 Å². The number of carbonyl (C=O) groups is 1. The van der Waals surface area contributed by atoms with Gasteiger partial charge in [-0.1, -0.05) is 24.3 Å². The molecule has 26 heavy (non-hydrogen) atoms. The fourth-order valence-corrected chi connectivity index (χ4v) is 3.67. The average Bonchev–Trinajstić information content (AvgIpc) is 3.15. The Balaban J connectivity index is 1.60. The number of hydrogen-bond donors (Lipinski definition) is 0. The molecule has 1 aliphatic rings. The van der Waals surface area contributed by atoms with Crippen molar-refractivity contribution in [3.63, 3.8) is 0 Å². The molecule has 0 radical (unpaired) electrons. The van der Waals surface area contributed by atoms with Gasteiger partial charge in [0.1, 0.15) is 12.7 Å². The predicted molar refractivity (Wildman–Crippen MR) is 101 cm³/mol. The van der Waals surface area contributed by atoms with Crippen LogP contribution in [0.25, 0.3) is 0 Å². The Kier molecular flexibility index (Phi) is 6.39. The summed E-state index contributed by atoms with van der Waals surface area (Å²) in [6.07, 6.45) is 7.94. The van der Waals surface area contributed by atoms with Crippen LogP contribution in [0.1, 0.15) is 49.3 Å². The molecule has 1 atom stereocenters. The van der Waals surface area contributed by atoms with Gasteiger partial charge in [-0.3, -0.25) is 9.48 Å². The summed E-state index contributed by atoms with van der Waals surface area (Å²) in [6, 6.07) is 9.00. The van der Waals surface area contributed by atoms with Crippen molar-refractivity contribution in [3.05, 3.63) is 48.0 Å². The molecule has 0 bridgehead atoms. The van der Waals surface area contributed by atoms with E-state index in [9.17, 15) is 4.79 Å². The van der Waals surface area contributed by atoms with Crippen molar-refractivity contribution in [2.24, 2.45) is 0 Å². The van der Waals surface area contributed by atoms with E-state index in [-0.39, 0.29) is 11.9 Å². The first kappa shape index (κ1) is 18.6. The first-order chi connectivity index (χ1) is 12.6. The summed E-state index contributed by atoms with van der Waals surface area (Å²) in [7, 11) is 4.16. The first-order valence-electron chi connectivity index (χ1n) is 9.49. The molecular formula is C20H29N5O. The van der Waals surface area contributed by atoms with Crippen molar-refractivity contribution in [1.82, 2.24) is 24.6 Å². The lowest BCUT2D eigenvalue weighted by Gasteiger charge is -2.36. The maximum atomic E-state index is 12.8. The number of hydrogen-bond acceptors (Lipinski definition) is 4. The Morgan fingerprint density at radius 3 is 2.73 bits per heavy atom. The summed E-state index contributed by atoms with van der Waals surface area (Å²) in [4.78, 5) is 21.0. The predicted octanol–water partition coefficient (Wildman–Crippen LogP) is 2.87. The van der Waals surface area contributed by atoms with Crippen LogP contribution in [-0.2, 0) is 17.9 Å². The number of likely N-dealkylation sites (tertiary alicyclic amines) is 1. The summed E-state index contributed by atoms with van der Waals surface area (Å²) in [6.45, 7) is 2.55. The molecule has 0 spiro atoms. The summed E-state index contributed by atoms with van der Waals surface area (Å²) in [5, 5.41) is 4.09. The Labute approximate surface area is 155 Å². The summed E-state index contributed by atoms with van der Waals surface area (Å²) in [5.74, 6) is 0.257. The first-order valence-corrected chi connectivity index (χ1v) is 9.49. The van der Waals surface area contributed by atoms with Gasteiger partial charge in [0.2, 0.25) is 5.91 Å². The second-order valence-corrected chi connectivity index (χ2v) is 7.34. The monoisotopic (exact) mass is 355 g/mol. The van der Waals surface area contributed by atoms with E-state index in [0.29, 0.717) is 6.42 Å². The van der Waals surface area contributed by atoms with Gasteiger partial charge >= 0.3 is 0 Å². The molecule has 1 saturated heterocycles. The molecule has 2 heterocycles. The third-order valence-corrected chi connectivity index (χ3v) is 4.93. The average molecular weight is 355 g/mol. The van der Waals surface area contributed by atoms with E-state index in [1.165, 1.54) is 23.9 Å². The van der Waals surface area contributed by atoms with E-state index in [4.69, 9.17) is 0 Å². The highest BCUT2D eigenvalue weighted by molar-refractivity contribution is 5.76. The van der Waals surface area contributed by atoms with E-state index < -0.39 is 0 Å².